The number of hydrogen-bond acceptors (Lipinski definition) is 3. The number of hydrogen-bond donors (Lipinski definition) is 2. The van der Waals surface area contributed by atoms with Gasteiger partial charge in [-0.15, -0.1) is 0 Å². The first kappa shape index (κ1) is 16.9. The molecule has 5 nitrogen and oxygen atoms in total. The molecule has 2 aliphatic rings. The predicted molar refractivity (Wildman–Crippen MR) is 86.4 cm³/mol. The van der Waals surface area contributed by atoms with Crippen LogP contribution in [0.2, 0.25) is 0 Å². The van der Waals surface area contributed by atoms with Gasteiger partial charge in [0.25, 0.3) is 0 Å². The molecule has 0 bridgehead atoms. The van der Waals surface area contributed by atoms with Gasteiger partial charge in [0.2, 0.25) is 11.8 Å². The Morgan fingerprint density at radius 1 is 1.33 bits per heavy atom. The molecular formula is C18H23FN2O3. The lowest BCUT2D eigenvalue weighted by molar-refractivity contribution is -0.141. The number of carbonyl (C=O) groups is 2. The summed E-state index contributed by atoms with van der Waals surface area (Å²) in [5.41, 5.74) is 0.660. The van der Waals surface area contributed by atoms with Crippen molar-refractivity contribution >= 4 is 11.8 Å². The molecule has 0 aromatic heterocycles. The van der Waals surface area contributed by atoms with Crippen LogP contribution in [0.5, 0.6) is 0 Å². The van der Waals surface area contributed by atoms with Crippen molar-refractivity contribution in [3.8, 4) is 0 Å². The maximum Gasteiger partial charge on any atom is 0.226 e. The van der Waals surface area contributed by atoms with Gasteiger partial charge in [0.15, 0.2) is 0 Å². The number of aliphatic hydroxyl groups excluding tert-OH is 1. The van der Waals surface area contributed by atoms with Crippen molar-refractivity contribution in [2.45, 2.75) is 44.2 Å². The molecular weight excluding hydrogens is 311 g/mol. The molecule has 0 saturated carbocycles. The molecule has 3 rings (SSSR count). The highest BCUT2D eigenvalue weighted by atomic mass is 19.1. The lowest BCUT2D eigenvalue weighted by atomic mass is 9.94. The van der Waals surface area contributed by atoms with Crippen molar-refractivity contribution in [1.29, 1.82) is 0 Å². The van der Waals surface area contributed by atoms with Crippen LogP contribution in [0.4, 0.5) is 4.39 Å². The summed E-state index contributed by atoms with van der Waals surface area (Å²) in [6.45, 7) is 1.23. The van der Waals surface area contributed by atoms with E-state index >= 15 is 0 Å². The van der Waals surface area contributed by atoms with Crippen LogP contribution in [0, 0.1) is 11.7 Å². The third-order valence-electron chi connectivity index (χ3n) is 5.01. The van der Waals surface area contributed by atoms with Crippen molar-refractivity contribution in [2.24, 2.45) is 5.92 Å². The summed E-state index contributed by atoms with van der Waals surface area (Å²) in [6, 6.07) is 5.79. The molecule has 6 heteroatoms. The number of likely N-dealkylation sites (tertiary alicyclic amines) is 1. The van der Waals surface area contributed by atoms with Gasteiger partial charge in [-0.05, 0) is 43.4 Å². The molecule has 2 fully saturated rings. The van der Waals surface area contributed by atoms with Gasteiger partial charge >= 0.3 is 0 Å². The molecule has 2 N–H and O–H groups in total. The number of carbonyl (C=O) groups excluding carboxylic acids is 2. The van der Waals surface area contributed by atoms with Crippen molar-refractivity contribution in [2.75, 3.05) is 13.1 Å². The van der Waals surface area contributed by atoms with E-state index in [1.807, 2.05) is 4.90 Å². The van der Waals surface area contributed by atoms with Gasteiger partial charge < -0.3 is 15.3 Å². The van der Waals surface area contributed by atoms with Gasteiger partial charge in [0.05, 0.1) is 6.10 Å². The molecule has 0 aliphatic carbocycles. The Labute approximate surface area is 140 Å². The Kier molecular flexibility index (Phi) is 5.14. The monoisotopic (exact) mass is 334 g/mol. The average Bonchev–Trinajstić information content (AvgIpc) is 3.02. The maximum atomic E-state index is 13.0. The summed E-state index contributed by atoms with van der Waals surface area (Å²) < 4.78 is 13.0. The van der Waals surface area contributed by atoms with Crippen LogP contribution >= 0.6 is 0 Å². The van der Waals surface area contributed by atoms with Crippen molar-refractivity contribution < 1.29 is 19.1 Å². The van der Waals surface area contributed by atoms with Gasteiger partial charge in [-0.3, -0.25) is 9.59 Å². The number of nitrogens with zero attached hydrogens (tertiary/aromatic N) is 1. The van der Waals surface area contributed by atoms with Gasteiger partial charge in [0, 0.05) is 31.5 Å². The fourth-order valence-electron chi connectivity index (χ4n) is 3.68. The molecule has 3 atom stereocenters. The molecule has 0 spiro atoms. The van der Waals surface area contributed by atoms with E-state index in [-0.39, 0.29) is 36.0 Å². The van der Waals surface area contributed by atoms with Gasteiger partial charge in [0.1, 0.15) is 5.82 Å². The number of piperidine rings is 1. The van der Waals surface area contributed by atoms with Crippen LogP contribution in [0.3, 0.4) is 0 Å². The number of aliphatic hydroxyl groups is 1. The third-order valence-corrected chi connectivity index (χ3v) is 5.01. The normalized spacial score (nSPS) is 25.4. The molecule has 1 aromatic carbocycles. The van der Waals surface area contributed by atoms with Crippen LogP contribution < -0.4 is 5.32 Å². The van der Waals surface area contributed by atoms with E-state index in [2.05, 4.69) is 5.32 Å². The highest BCUT2D eigenvalue weighted by Crippen LogP contribution is 2.30. The van der Waals surface area contributed by atoms with E-state index in [0.29, 0.717) is 31.5 Å². The number of amides is 2. The first-order valence-electron chi connectivity index (χ1n) is 8.55. The fourth-order valence-corrected chi connectivity index (χ4v) is 3.68. The molecule has 3 unspecified atom stereocenters. The van der Waals surface area contributed by atoms with E-state index in [1.54, 1.807) is 12.1 Å². The lowest BCUT2D eigenvalue weighted by Crippen LogP contribution is -2.45. The number of halogens is 1. The van der Waals surface area contributed by atoms with Crippen LogP contribution in [0.15, 0.2) is 24.3 Å². The highest BCUT2D eigenvalue weighted by Gasteiger charge is 2.36. The first-order valence-corrected chi connectivity index (χ1v) is 8.55. The van der Waals surface area contributed by atoms with Crippen LogP contribution in [-0.2, 0) is 9.59 Å². The third kappa shape index (κ3) is 3.75. The summed E-state index contributed by atoms with van der Waals surface area (Å²) >= 11 is 0. The lowest BCUT2D eigenvalue weighted by Gasteiger charge is -2.31. The summed E-state index contributed by atoms with van der Waals surface area (Å²) in [5.74, 6) is -0.623. The van der Waals surface area contributed by atoms with Crippen molar-refractivity contribution in [1.82, 2.24) is 10.2 Å². The number of nitrogens with one attached hydrogen (secondary N) is 1. The molecule has 24 heavy (non-hydrogen) atoms. The molecule has 0 radical (unpaired) electrons. The minimum atomic E-state index is -0.723. The smallest absolute Gasteiger partial charge is 0.226 e. The molecule has 1 aromatic rings. The van der Waals surface area contributed by atoms with E-state index in [4.69, 9.17) is 0 Å². The van der Waals surface area contributed by atoms with Crippen LogP contribution in [0.25, 0.3) is 0 Å². The summed E-state index contributed by atoms with van der Waals surface area (Å²) in [7, 11) is 0. The second-order valence-corrected chi connectivity index (χ2v) is 6.67. The highest BCUT2D eigenvalue weighted by molar-refractivity contribution is 5.87. The van der Waals surface area contributed by atoms with Crippen LogP contribution in [-0.4, -0.2) is 41.0 Å². The topological polar surface area (TPSA) is 69.6 Å². The molecule has 2 amide bonds. The van der Waals surface area contributed by atoms with Crippen molar-refractivity contribution in [3.05, 3.63) is 35.6 Å². The van der Waals surface area contributed by atoms with E-state index < -0.39 is 6.10 Å². The summed E-state index contributed by atoms with van der Waals surface area (Å²) in [4.78, 5) is 26.1. The summed E-state index contributed by atoms with van der Waals surface area (Å²) in [6.07, 6.45) is 2.40. The second-order valence-electron chi connectivity index (χ2n) is 6.67. The standard InChI is InChI=1S/C18H23FN2O3/c19-14-5-3-12(4-6-14)16(22)11-15-2-1-9-21(15)18(24)13-7-8-20-17(23)10-13/h3-6,13,15-16,22H,1-2,7-11H2,(H,20,23). The Hall–Kier alpha value is -1.95. The zero-order valence-electron chi connectivity index (χ0n) is 13.6. The first-order chi connectivity index (χ1) is 11.5. The number of benzene rings is 1. The Balaban J connectivity index is 1.63. The zero-order valence-corrected chi connectivity index (χ0v) is 13.6. The Morgan fingerprint density at radius 2 is 2.08 bits per heavy atom. The molecule has 130 valence electrons. The molecule has 2 saturated heterocycles. The van der Waals surface area contributed by atoms with Crippen molar-refractivity contribution in [3.63, 3.8) is 0 Å². The fraction of sp³-hybridized carbons (Fsp3) is 0.556. The second kappa shape index (κ2) is 7.30. The quantitative estimate of drug-likeness (QED) is 0.882. The molecule has 2 heterocycles. The molecule has 2 aliphatic heterocycles. The Morgan fingerprint density at radius 3 is 2.79 bits per heavy atom. The summed E-state index contributed by atoms with van der Waals surface area (Å²) in [5, 5.41) is 13.1. The minimum Gasteiger partial charge on any atom is -0.388 e. The predicted octanol–water partition coefficient (Wildman–Crippen LogP) is 1.77. The SMILES string of the molecule is O=C1CC(C(=O)N2CCCC2CC(O)c2ccc(F)cc2)CCN1. The van der Waals surface area contributed by atoms with Gasteiger partial charge in [-0.2, -0.15) is 0 Å². The zero-order chi connectivity index (χ0) is 17.1. The van der Waals surface area contributed by atoms with E-state index in [1.165, 1.54) is 12.1 Å². The van der Waals surface area contributed by atoms with E-state index in [0.717, 1.165) is 12.8 Å². The average molecular weight is 334 g/mol. The van der Waals surface area contributed by atoms with Gasteiger partial charge in [-0.25, -0.2) is 4.39 Å². The van der Waals surface area contributed by atoms with E-state index in [9.17, 15) is 19.1 Å². The largest absolute Gasteiger partial charge is 0.388 e. The van der Waals surface area contributed by atoms with Crippen LogP contribution in [0.1, 0.15) is 43.8 Å². The minimum absolute atomic E-state index is 0.0254. The maximum absolute atomic E-state index is 13.0. The Bertz CT molecular complexity index is 605. The van der Waals surface area contributed by atoms with Gasteiger partial charge in [-0.1, -0.05) is 12.1 Å². The number of rotatable bonds is 4.